The van der Waals surface area contributed by atoms with Crippen molar-refractivity contribution in [3.05, 3.63) is 29.6 Å². The molecule has 0 bridgehead atoms. The van der Waals surface area contributed by atoms with Crippen molar-refractivity contribution >= 4 is 28.6 Å². The van der Waals surface area contributed by atoms with Gasteiger partial charge in [0.05, 0.1) is 17.6 Å². The van der Waals surface area contributed by atoms with Gasteiger partial charge in [0.25, 0.3) is 5.91 Å². The number of carbonyl (C=O) groups is 1. The molecule has 178 valence electrons. The van der Waals surface area contributed by atoms with E-state index in [9.17, 15) is 4.79 Å². The molecule has 33 heavy (non-hydrogen) atoms. The molecule has 1 aromatic carbocycles. The van der Waals surface area contributed by atoms with Gasteiger partial charge in [-0.15, -0.1) is 0 Å². The minimum Gasteiger partial charge on any atom is -0.370 e. The molecule has 0 spiro atoms. The lowest BCUT2D eigenvalue weighted by Crippen LogP contribution is -2.38. The number of rotatable bonds is 7. The van der Waals surface area contributed by atoms with Crippen molar-refractivity contribution in [2.45, 2.75) is 83.2 Å². The standard InChI is InChI=1S/C25H37N7O/c1-16-11-12-19-18(15-16)22(30-20-9-5-6-10-21(20)31-25(26)27)32-23(29-19)24(33)28-14-13-17-7-3-2-4-8-17/h11-12,15,17,20-21H,2-10,13-14H2,1H3,(H,28,33)(H4,26,27,31)(H,29,30,32)/t20-,21+/m0/s1. The van der Waals surface area contributed by atoms with Crippen molar-refractivity contribution in [1.29, 1.82) is 0 Å². The summed E-state index contributed by atoms with van der Waals surface area (Å²) in [6, 6.07) is 6.06. The van der Waals surface area contributed by atoms with Gasteiger partial charge in [0.2, 0.25) is 5.82 Å². The first-order valence-corrected chi connectivity index (χ1v) is 12.4. The molecule has 8 nitrogen and oxygen atoms in total. The van der Waals surface area contributed by atoms with Crippen LogP contribution in [-0.2, 0) is 0 Å². The predicted molar refractivity (Wildman–Crippen MR) is 133 cm³/mol. The van der Waals surface area contributed by atoms with Gasteiger partial charge >= 0.3 is 0 Å². The summed E-state index contributed by atoms with van der Waals surface area (Å²) in [5, 5.41) is 7.51. The molecule has 8 heteroatoms. The smallest absolute Gasteiger partial charge is 0.289 e. The predicted octanol–water partition coefficient (Wildman–Crippen LogP) is 3.63. The maximum absolute atomic E-state index is 12.9. The maximum atomic E-state index is 12.9. The molecule has 1 aromatic heterocycles. The number of anilines is 1. The van der Waals surface area contributed by atoms with Gasteiger partial charge in [0.1, 0.15) is 5.82 Å². The molecule has 4 rings (SSSR count). The summed E-state index contributed by atoms with van der Waals surface area (Å²) < 4.78 is 0. The zero-order valence-corrected chi connectivity index (χ0v) is 19.6. The number of carbonyl (C=O) groups excluding carboxylic acids is 1. The summed E-state index contributed by atoms with van der Waals surface area (Å²) in [6.07, 6.45) is 11.6. The van der Waals surface area contributed by atoms with E-state index in [0.717, 1.165) is 54.5 Å². The third-order valence-corrected chi connectivity index (χ3v) is 6.98. The Morgan fingerprint density at radius 3 is 2.61 bits per heavy atom. The van der Waals surface area contributed by atoms with Crippen LogP contribution in [0, 0.1) is 12.8 Å². The van der Waals surface area contributed by atoms with Crippen LogP contribution in [0.15, 0.2) is 23.2 Å². The minimum absolute atomic E-state index is 0.00801. The van der Waals surface area contributed by atoms with Crippen LogP contribution in [0.25, 0.3) is 10.9 Å². The Balaban J connectivity index is 1.54. The molecule has 2 aliphatic carbocycles. The van der Waals surface area contributed by atoms with Crippen LogP contribution >= 0.6 is 0 Å². The Kier molecular flexibility index (Phi) is 7.62. The summed E-state index contributed by atoms with van der Waals surface area (Å²) in [6.45, 7) is 2.70. The molecule has 2 fully saturated rings. The van der Waals surface area contributed by atoms with Crippen LogP contribution in [-0.4, -0.2) is 40.5 Å². The van der Waals surface area contributed by atoms with Gasteiger partial charge in [0.15, 0.2) is 5.96 Å². The Hall–Kier alpha value is -2.90. The highest BCUT2D eigenvalue weighted by Gasteiger charge is 2.26. The van der Waals surface area contributed by atoms with Crippen LogP contribution in [0.2, 0.25) is 0 Å². The molecular weight excluding hydrogens is 414 g/mol. The Bertz CT molecular complexity index is 996. The summed E-state index contributed by atoms with van der Waals surface area (Å²) >= 11 is 0. The van der Waals surface area contributed by atoms with E-state index in [0.29, 0.717) is 12.4 Å². The van der Waals surface area contributed by atoms with Crippen LogP contribution in [0.5, 0.6) is 0 Å². The first-order chi connectivity index (χ1) is 16.0. The van der Waals surface area contributed by atoms with E-state index in [1.54, 1.807) is 0 Å². The van der Waals surface area contributed by atoms with Gasteiger partial charge in [-0.3, -0.25) is 4.79 Å². The molecule has 0 unspecified atom stereocenters. The van der Waals surface area contributed by atoms with E-state index in [1.807, 2.05) is 19.1 Å². The van der Waals surface area contributed by atoms with Crippen molar-refractivity contribution < 1.29 is 4.79 Å². The zero-order chi connectivity index (χ0) is 23.2. The van der Waals surface area contributed by atoms with E-state index in [1.165, 1.54) is 32.1 Å². The summed E-state index contributed by atoms with van der Waals surface area (Å²) in [7, 11) is 0. The van der Waals surface area contributed by atoms with Crippen molar-refractivity contribution in [3.8, 4) is 0 Å². The number of aryl methyl sites for hydroxylation is 1. The van der Waals surface area contributed by atoms with Crippen LogP contribution in [0.3, 0.4) is 0 Å². The monoisotopic (exact) mass is 451 g/mol. The normalized spacial score (nSPS) is 21.5. The average molecular weight is 452 g/mol. The van der Waals surface area contributed by atoms with Crippen molar-refractivity contribution in [2.24, 2.45) is 22.4 Å². The molecule has 1 heterocycles. The molecular formula is C25H37N7O. The average Bonchev–Trinajstić information content (AvgIpc) is 2.81. The van der Waals surface area contributed by atoms with Crippen molar-refractivity contribution in [3.63, 3.8) is 0 Å². The van der Waals surface area contributed by atoms with E-state index in [2.05, 4.69) is 31.7 Å². The maximum Gasteiger partial charge on any atom is 0.289 e. The lowest BCUT2D eigenvalue weighted by Gasteiger charge is -2.30. The lowest BCUT2D eigenvalue weighted by molar-refractivity contribution is 0.0940. The van der Waals surface area contributed by atoms with E-state index in [-0.39, 0.29) is 29.8 Å². The Morgan fingerprint density at radius 1 is 1.06 bits per heavy atom. The topological polar surface area (TPSA) is 131 Å². The molecule has 6 N–H and O–H groups in total. The number of nitrogens with two attached hydrogens (primary N) is 2. The molecule has 2 atom stereocenters. The first kappa shape index (κ1) is 23.3. The van der Waals surface area contributed by atoms with Gasteiger partial charge in [-0.2, -0.15) is 0 Å². The second kappa shape index (κ2) is 10.8. The number of aromatic nitrogens is 2. The lowest BCUT2D eigenvalue weighted by atomic mass is 9.87. The van der Waals surface area contributed by atoms with Crippen molar-refractivity contribution in [1.82, 2.24) is 15.3 Å². The number of fused-ring (bicyclic) bond motifs is 1. The van der Waals surface area contributed by atoms with E-state index in [4.69, 9.17) is 11.5 Å². The largest absolute Gasteiger partial charge is 0.370 e. The summed E-state index contributed by atoms with van der Waals surface area (Å²) in [4.78, 5) is 26.6. The van der Waals surface area contributed by atoms with Gasteiger partial charge < -0.3 is 22.1 Å². The molecule has 2 aromatic rings. The third-order valence-electron chi connectivity index (χ3n) is 6.98. The Labute approximate surface area is 196 Å². The minimum atomic E-state index is -0.222. The number of nitrogens with zero attached hydrogens (tertiary/aromatic N) is 3. The second-order valence-corrected chi connectivity index (χ2v) is 9.62. The molecule has 0 saturated heterocycles. The number of guanidine groups is 1. The number of hydrogen-bond acceptors (Lipinski definition) is 5. The molecule has 2 saturated carbocycles. The third kappa shape index (κ3) is 6.12. The van der Waals surface area contributed by atoms with E-state index < -0.39 is 0 Å². The van der Waals surface area contributed by atoms with Crippen LogP contribution < -0.4 is 22.1 Å². The molecule has 0 aliphatic heterocycles. The fourth-order valence-corrected chi connectivity index (χ4v) is 5.20. The highest BCUT2D eigenvalue weighted by molar-refractivity contribution is 5.96. The SMILES string of the molecule is Cc1ccc2nc(C(=O)NCCC3CCCCC3)nc(N[C@H]3CCCC[C@H]3N=C(N)N)c2c1. The first-order valence-electron chi connectivity index (χ1n) is 12.4. The van der Waals surface area contributed by atoms with Gasteiger partial charge in [-0.05, 0) is 44.2 Å². The quantitative estimate of drug-likeness (QED) is 0.375. The second-order valence-electron chi connectivity index (χ2n) is 9.62. The molecule has 2 aliphatic rings. The van der Waals surface area contributed by atoms with E-state index >= 15 is 0 Å². The number of aliphatic imine (C=N–C) groups is 1. The van der Waals surface area contributed by atoms with Gasteiger partial charge in [0, 0.05) is 11.9 Å². The molecule has 1 amide bonds. The summed E-state index contributed by atoms with van der Waals surface area (Å²) in [5.74, 6) is 1.47. The fourth-order valence-electron chi connectivity index (χ4n) is 5.20. The Morgan fingerprint density at radius 2 is 1.82 bits per heavy atom. The van der Waals surface area contributed by atoms with Gasteiger partial charge in [-0.25, -0.2) is 15.0 Å². The number of nitrogens with one attached hydrogen (secondary N) is 2. The highest BCUT2D eigenvalue weighted by Crippen LogP contribution is 2.28. The molecule has 0 radical (unpaired) electrons. The van der Waals surface area contributed by atoms with Crippen LogP contribution in [0.1, 0.15) is 80.4 Å². The zero-order valence-electron chi connectivity index (χ0n) is 19.6. The highest BCUT2D eigenvalue weighted by atomic mass is 16.2. The van der Waals surface area contributed by atoms with Crippen LogP contribution in [0.4, 0.5) is 5.82 Å². The van der Waals surface area contributed by atoms with Gasteiger partial charge in [-0.1, -0.05) is 56.6 Å². The number of amides is 1. The van der Waals surface area contributed by atoms with Crippen molar-refractivity contribution in [2.75, 3.05) is 11.9 Å². The number of hydrogen-bond donors (Lipinski definition) is 4. The number of benzene rings is 1. The summed E-state index contributed by atoms with van der Waals surface area (Å²) in [5.41, 5.74) is 13.2. The fraction of sp³-hybridized carbons (Fsp3) is 0.600.